The first-order valence-corrected chi connectivity index (χ1v) is 17.2. The monoisotopic (exact) mass is 649 g/mol. The van der Waals surface area contributed by atoms with E-state index < -0.39 is 0 Å². The first kappa shape index (κ1) is 34.0. The molecule has 0 amide bonds. The van der Waals surface area contributed by atoms with Crippen molar-refractivity contribution < 1.29 is 0 Å². The lowest BCUT2D eigenvalue weighted by Crippen LogP contribution is -2.10. The fraction of sp³-hybridized carbons (Fsp3) is 0.128. The van der Waals surface area contributed by atoms with Gasteiger partial charge in [-0.2, -0.15) is 0 Å². The van der Waals surface area contributed by atoms with Gasteiger partial charge in [-0.05, 0) is 80.0 Å². The molecule has 6 rings (SSSR count). The van der Waals surface area contributed by atoms with Crippen molar-refractivity contribution in [2.45, 2.75) is 40.5 Å². The maximum absolute atomic E-state index is 5.19. The second-order valence-corrected chi connectivity index (χ2v) is 12.5. The minimum atomic E-state index is 0.706. The van der Waals surface area contributed by atoms with Crippen LogP contribution < -0.4 is 0 Å². The Labute approximate surface area is 297 Å². The van der Waals surface area contributed by atoms with Crippen LogP contribution in [0.5, 0.6) is 0 Å². The summed E-state index contributed by atoms with van der Waals surface area (Å²) in [5.74, 6) is 0.706. The molecule has 0 bridgehead atoms. The molecule has 1 aliphatic carbocycles. The first-order chi connectivity index (χ1) is 24.4. The summed E-state index contributed by atoms with van der Waals surface area (Å²) in [5, 5.41) is 0. The molecule has 0 N–H and O–H groups in total. The lowest BCUT2D eigenvalue weighted by atomic mass is 9.87. The molecule has 1 heterocycles. The summed E-state index contributed by atoms with van der Waals surface area (Å²) in [4.78, 5) is 15.4. The predicted molar refractivity (Wildman–Crippen MR) is 215 cm³/mol. The number of nitrogens with zero attached hydrogens (tertiary/aromatic N) is 3. The molecular weight excluding hydrogens is 607 g/mol. The van der Waals surface area contributed by atoms with Crippen molar-refractivity contribution in [3.8, 4) is 22.6 Å². The van der Waals surface area contributed by atoms with E-state index in [0.717, 1.165) is 74.6 Å². The molecule has 5 aromatic rings. The minimum Gasteiger partial charge on any atom is -0.252 e. The van der Waals surface area contributed by atoms with E-state index in [9.17, 15) is 0 Å². The standard InChI is InChI=1S/C47H43N3/c1-7-10-19-41-32(4)22-31-43-45(39-17-12-11-13-18-39)49-47(50-46(41)43)40-29-23-36(24-30-40)33(5)42-20-14-15-21-44(42)48-34(6)37-25-27-38(28-26-37)35(9-3)16-8-2/h7-21,23-30H,1,5,22,31H2,2-4,6H3/b16-8-,19-10-,35-9+,48-34?. The van der Waals surface area contributed by atoms with Crippen LogP contribution in [0, 0.1) is 0 Å². The number of fused-ring (bicyclic) bond motifs is 1. The fourth-order valence-corrected chi connectivity index (χ4v) is 6.43. The molecule has 4 aromatic carbocycles. The third-order valence-corrected chi connectivity index (χ3v) is 9.22. The highest BCUT2D eigenvalue weighted by Crippen LogP contribution is 2.38. The molecule has 0 aliphatic heterocycles. The number of rotatable bonds is 10. The van der Waals surface area contributed by atoms with Crippen LogP contribution >= 0.6 is 0 Å². The SMILES string of the molecule is C=C/C=C\C1=C(C)CCc2c1nc(-c1ccc(C(=C)c3ccccc3N=C(C)c3ccc(C(/C=C\C)=C/C)cc3)cc1)nc2-c1ccccc1. The Morgan fingerprint density at radius 1 is 0.740 bits per heavy atom. The number of allylic oxidation sites excluding steroid dienone is 9. The van der Waals surface area contributed by atoms with Gasteiger partial charge in [0.1, 0.15) is 0 Å². The van der Waals surface area contributed by atoms with Gasteiger partial charge >= 0.3 is 0 Å². The minimum absolute atomic E-state index is 0.706. The van der Waals surface area contributed by atoms with E-state index in [1.807, 2.05) is 37.3 Å². The van der Waals surface area contributed by atoms with E-state index in [1.165, 1.54) is 22.3 Å². The molecule has 0 fully saturated rings. The number of aliphatic imine (C=N–C) groups is 1. The van der Waals surface area contributed by atoms with Gasteiger partial charge < -0.3 is 0 Å². The number of para-hydroxylation sites is 1. The van der Waals surface area contributed by atoms with Gasteiger partial charge in [0.2, 0.25) is 0 Å². The highest BCUT2D eigenvalue weighted by molar-refractivity contribution is 6.01. The Kier molecular flexibility index (Phi) is 10.5. The molecule has 3 heteroatoms. The molecule has 1 aliphatic rings. The zero-order valence-corrected chi connectivity index (χ0v) is 29.4. The number of hydrogen-bond donors (Lipinski definition) is 0. The lowest BCUT2D eigenvalue weighted by Gasteiger charge is -2.22. The normalized spacial score (nSPS) is 13.6. The molecular formula is C47H43N3. The Morgan fingerprint density at radius 2 is 1.40 bits per heavy atom. The molecule has 0 radical (unpaired) electrons. The summed E-state index contributed by atoms with van der Waals surface area (Å²) in [7, 11) is 0. The average Bonchev–Trinajstić information content (AvgIpc) is 3.16. The molecule has 0 unspecified atom stereocenters. The second-order valence-electron chi connectivity index (χ2n) is 12.5. The van der Waals surface area contributed by atoms with Gasteiger partial charge in [0.25, 0.3) is 0 Å². The van der Waals surface area contributed by atoms with Crippen LogP contribution in [-0.2, 0) is 6.42 Å². The summed E-state index contributed by atoms with van der Waals surface area (Å²) in [6, 6.07) is 35.6. The molecule has 50 heavy (non-hydrogen) atoms. The van der Waals surface area contributed by atoms with Crippen LogP contribution in [0.2, 0.25) is 0 Å². The lowest BCUT2D eigenvalue weighted by molar-refractivity contribution is 0.893. The molecule has 0 saturated heterocycles. The van der Waals surface area contributed by atoms with Crippen molar-refractivity contribution in [3.63, 3.8) is 0 Å². The van der Waals surface area contributed by atoms with E-state index in [-0.39, 0.29) is 0 Å². The number of hydrogen-bond acceptors (Lipinski definition) is 3. The van der Waals surface area contributed by atoms with Crippen LogP contribution in [0.15, 0.2) is 163 Å². The number of aromatic nitrogens is 2. The highest BCUT2D eigenvalue weighted by atomic mass is 14.9. The van der Waals surface area contributed by atoms with Gasteiger partial charge in [0.15, 0.2) is 5.82 Å². The first-order valence-electron chi connectivity index (χ1n) is 17.2. The summed E-state index contributed by atoms with van der Waals surface area (Å²) < 4.78 is 0. The molecule has 1 aromatic heterocycles. The van der Waals surface area contributed by atoms with Crippen molar-refractivity contribution in [2.75, 3.05) is 0 Å². The summed E-state index contributed by atoms with van der Waals surface area (Å²) in [5.41, 5.74) is 16.0. The Balaban J connectivity index is 1.32. The second kappa shape index (κ2) is 15.5. The van der Waals surface area contributed by atoms with Crippen molar-refractivity contribution in [1.29, 1.82) is 0 Å². The summed E-state index contributed by atoms with van der Waals surface area (Å²) in [6.07, 6.45) is 14.1. The van der Waals surface area contributed by atoms with Crippen molar-refractivity contribution in [1.82, 2.24) is 9.97 Å². The van der Waals surface area contributed by atoms with Crippen LogP contribution in [0.3, 0.4) is 0 Å². The number of benzene rings is 4. The van der Waals surface area contributed by atoms with Crippen LogP contribution in [-0.4, -0.2) is 15.7 Å². The third-order valence-electron chi connectivity index (χ3n) is 9.22. The van der Waals surface area contributed by atoms with Gasteiger partial charge in [0.05, 0.1) is 17.1 Å². The van der Waals surface area contributed by atoms with Gasteiger partial charge in [-0.15, -0.1) is 0 Å². The van der Waals surface area contributed by atoms with Crippen LogP contribution in [0.4, 0.5) is 5.69 Å². The van der Waals surface area contributed by atoms with Gasteiger partial charge in [-0.1, -0.05) is 152 Å². The zero-order valence-electron chi connectivity index (χ0n) is 29.4. The molecule has 246 valence electrons. The van der Waals surface area contributed by atoms with Crippen LogP contribution in [0.25, 0.3) is 39.4 Å². The van der Waals surface area contributed by atoms with E-state index in [2.05, 4.69) is 143 Å². The van der Waals surface area contributed by atoms with Crippen molar-refractivity contribution in [3.05, 3.63) is 192 Å². The summed E-state index contributed by atoms with van der Waals surface area (Å²) >= 11 is 0. The van der Waals surface area contributed by atoms with Crippen molar-refractivity contribution >= 4 is 28.1 Å². The third kappa shape index (κ3) is 7.23. The van der Waals surface area contributed by atoms with E-state index in [0.29, 0.717) is 5.82 Å². The highest BCUT2D eigenvalue weighted by Gasteiger charge is 2.23. The zero-order chi connectivity index (χ0) is 35.0. The van der Waals surface area contributed by atoms with Gasteiger partial charge in [-0.3, -0.25) is 4.99 Å². The van der Waals surface area contributed by atoms with E-state index in [4.69, 9.17) is 15.0 Å². The van der Waals surface area contributed by atoms with E-state index >= 15 is 0 Å². The average molecular weight is 650 g/mol. The maximum atomic E-state index is 5.19. The van der Waals surface area contributed by atoms with Crippen molar-refractivity contribution in [2.24, 2.45) is 4.99 Å². The molecule has 3 nitrogen and oxygen atoms in total. The Morgan fingerprint density at radius 3 is 2.10 bits per heavy atom. The van der Waals surface area contributed by atoms with Gasteiger partial charge in [-0.25, -0.2) is 9.97 Å². The Hall–Kier alpha value is -5.93. The summed E-state index contributed by atoms with van der Waals surface area (Å²) in [6.45, 7) is 16.8. The van der Waals surface area contributed by atoms with Crippen LogP contribution in [0.1, 0.15) is 67.6 Å². The molecule has 0 saturated carbocycles. The molecule has 0 spiro atoms. The fourth-order valence-electron chi connectivity index (χ4n) is 6.43. The maximum Gasteiger partial charge on any atom is 0.160 e. The van der Waals surface area contributed by atoms with Gasteiger partial charge in [0, 0.05) is 28.0 Å². The molecule has 0 atom stereocenters. The predicted octanol–water partition coefficient (Wildman–Crippen LogP) is 12.5. The Bertz CT molecular complexity index is 2190. The smallest absolute Gasteiger partial charge is 0.160 e. The largest absolute Gasteiger partial charge is 0.252 e. The topological polar surface area (TPSA) is 38.1 Å². The van der Waals surface area contributed by atoms with E-state index in [1.54, 1.807) is 0 Å². The quantitative estimate of drug-likeness (QED) is 0.112.